The van der Waals surface area contributed by atoms with Crippen LogP contribution in [0, 0.1) is 0 Å². The van der Waals surface area contributed by atoms with Gasteiger partial charge < -0.3 is 20.5 Å². The van der Waals surface area contributed by atoms with E-state index in [1.807, 2.05) is 54.8 Å². The first-order valence-corrected chi connectivity index (χ1v) is 11.3. The molecule has 7 nitrogen and oxygen atoms in total. The average Bonchev–Trinajstić information content (AvgIpc) is 3.19. The van der Waals surface area contributed by atoms with Gasteiger partial charge in [0.05, 0.1) is 40.0 Å². The number of phenolic OH excluding ortho intramolecular Hbond substituents is 1. The van der Waals surface area contributed by atoms with Gasteiger partial charge in [0.1, 0.15) is 0 Å². The lowest BCUT2D eigenvalue weighted by Gasteiger charge is -2.31. The number of carbonyl (C=O) groups excluding carboxylic acids is 1. The number of hydrogen-bond donors (Lipinski definition) is 3. The Balaban J connectivity index is 1.69. The zero-order chi connectivity index (χ0) is 23.8. The largest absolute Gasteiger partial charge is 0.504 e. The molecular formula is C26H23ClN4O3. The van der Waals surface area contributed by atoms with E-state index >= 15 is 0 Å². The molecule has 1 aliphatic heterocycles. The lowest BCUT2D eigenvalue weighted by atomic mass is 9.94. The number of para-hydroxylation sites is 3. The second kappa shape index (κ2) is 8.76. The number of benzene rings is 3. The number of aromatic hydroxyl groups is 1. The van der Waals surface area contributed by atoms with Crippen LogP contribution in [0.3, 0.4) is 0 Å². The van der Waals surface area contributed by atoms with Gasteiger partial charge in [0.25, 0.3) is 5.91 Å². The minimum atomic E-state index is -0.522. The van der Waals surface area contributed by atoms with Crippen LogP contribution >= 0.6 is 11.6 Å². The van der Waals surface area contributed by atoms with E-state index in [0.717, 1.165) is 16.6 Å². The van der Waals surface area contributed by atoms with Crippen molar-refractivity contribution in [3.05, 3.63) is 88.6 Å². The summed E-state index contributed by atoms with van der Waals surface area (Å²) in [7, 11) is 0. The Morgan fingerprint density at radius 3 is 2.74 bits per heavy atom. The van der Waals surface area contributed by atoms with E-state index in [9.17, 15) is 9.90 Å². The van der Waals surface area contributed by atoms with E-state index in [1.165, 1.54) is 0 Å². The highest BCUT2D eigenvalue weighted by Gasteiger charge is 2.34. The molecule has 0 unspecified atom stereocenters. The van der Waals surface area contributed by atoms with Gasteiger partial charge in [-0.05, 0) is 55.8 Å². The smallest absolute Gasteiger partial charge is 0.255 e. The zero-order valence-electron chi connectivity index (χ0n) is 18.7. The topological polar surface area (TPSA) is 88.4 Å². The van der Waals surface area contributed by atoms with Crippen molar-refractivity contribution >= 4 is 40.2 Å². The molecular weight excluding hydrogens is 452 g/mol. The van der Waals surface area contributed by atoms with E-state index in [-0.39, 0.29) is 11.7 Å². The standard InChI is InChI=1S/C26H23ClN4O3/c1-3-34-22-14-16(12-13-21(22)32)24-23(25(33)29-18-9-5-4-8-17(18)27)15(2)28-26-30-19-10-6-7-11-20(19)31(24)26/h4-14,24,32H,3H2,1-2H3,(H,28,30)(H,29,33)/t24-/m0/s1. The van der Waals surface area contributed by atoms with Crippen molar-refractivity contribution in [3.63, 3.8) is 0 Å². The number of carbonyl (C=O) groups is 1. The molecule has 1 aliphatic rings. The molecule has 3 N–H and O–H groups in total. The van der Waals surface area contributed by atoms with Gasteiger partial charge in [-0.15, -0.1) is 0 Å². The second-order valence-electron chi connectivity index (χ2n) is 7.95. The van der Waals surface area contributed by atoms with Crippen LogP contribution in [0.5, 0.6) is 11.5 Å². The Morgan fingerprint density at radius 1 is 1.18 bits per heavy atom. The summed E-state index contributed by atoms with van der Waals surface area (Å²) >= 11 is 6.31. The number of ether oxygens (including phenoxy) is 1. The van der Waals surface area contributed by atoms with Gasteiger partial charge in [0.15, 0.2) is 11.5 Å². The van der Waals surface area contributed by atoms with Gasteiger partial charge >= 0.3 is 0 Å². The maximum atomic E-state index is 13.7. The molecule has 0 radical (unpaired) electrons. The molecule has 1 atom stereocenters. The van der Waals surface area contributed by atoms with Crippen LogP contribution in [0.15, 0.2) is 78.0 Å². The Bertz CT molecular complexity index is 1440. The molecule has 0 spiro atoms. The third-order valence-electron chi connectivity index (χ3n) is 5.80. The highest BCUT2D eigenvalue weighted by atomic mass is 35.5. The fourth-order valence-electron chi connectivity index (χ4n) is 4.30. The second-order valence-corrected chi connectivity index (χ2v) is 8.36. The van der Waals surface area contributed by atoms with Crippen LogP contribution in [0.1, 0.15) is 25.5 Å². The first-order chi connectivity index (χ1) is 16.5. The summed E-state index contributed by atoms with van der Waals surface area (Å²) in [5, 5.41) is 17.0. The summed E-state index contributed by atoms with van der Waals surface area (Å²) < 4.78 is 7.63. The van der Waals surface area contributed by atoms with Gasteiger partial charge in [-0.1, -0.05) is 41.9 Å². The van der Waals surface area contributed by atoms with E-state index < -0.39 is 6.04 Å². The molecule has 1 amide bonds. The molecule has 0 aliphatic carbocycles. The number of allylic oxidation sites excluding steroid dienone is 1. The van der Waals surface area contributed by atoms with Crippen molar-refractivity contribution in [2.24, 2.45) is 0 Å². The van der Waals surface area contributed by atoms with Crippen molar-refractivity contribution in [2.45, 2.75) is 19.9 Å². The molecule has 4 aromatic rings. The number of rotatable bonds is 5. The van der Waals surface area contributed by atoms with Crippen LogP contribution in [0.4, 0.5) is 11.6 Å². The SMILES string of the molecule is CCOc1cc([C@H]2C(C(=O)Nc3ccccc3Cl)=C(C)Nc3nc4ccccc4n32)ccc1O. The Labute approximate surface area is 201 Å². The third-order valence-corrected chi connectivity index (χ3v) is 6.13. The molecule has 8 heteroatoms. The maximum Gasteiger partial charge on any atom is 0.255 e. The highest BCUT2D eigenvalue weighted by Crippen LogP contribution is 2.41. The van der Waals surface area contributed by atoms with Crippen molar-refractivity contribution in [1.29, 1.82) is 0 Å². The molecule has 0 fully saturated rings. The van der Waals surface area contributed by atoms with Gasteiger partial charge in [0.2, 0.25) is 5.95 Å². The fourth-order valence-corrected chi connectivity index (χ4v) is 4.48. The summed E-state index contributed by atoms with van der Waals surface area (Å²) in [4.78, 5) is 18.4. The normalized spacial score (nSPS) is 15.1. The number of nitrogens with one attached hydrogen (secondary N) is 2. The predicted octanol–water partition coefficient (Wildman–Crippen LogP) is 5.72. The molecule has 0 saturated carbocycles. The van der Waals surface area contributed by atoms with E-state index in [1.54, 1.807) is 30.3 Å². The summed E-state index contributed by atoms with van der Waals surface area (Å²) in [6.45, 7) is 4.10. The van der Waals surface area contributed by atoms with Gasteiger partial charge in [0, 0.05) is 5.70 Å². The van der Waals surface area contributed by atoms with E-state index in [0.29, 0.717) is 40.3 Å². The Hall–Kier alpha value is -3.97. The molecule has 172 valence electrons. The number of amides is 1. The maximum absolute atomic E-state index is 13.7. The summed E-state index contributed by atoms with van der Waals surface area (Å²) in [6.07, 6.45) is 0. The van der Waals surface area contributed by atoms with Gasteiger partial charge in [-0.3, -0.25) is 9.36 Å². The number of aromatic nitrogens is 2. The number of halogens is 1. The van der Waals surface area contributed by atoms with Crippen molar-refractivity contribution < 1.29 is 14.6 Å². The summed E-state index contributed by atoms with van der Waals surface area (Å²) in [6, 6.07) is 19.5. The minimum absolute atomic E-state index is 0.0398. The highest BCUT2D eigenvalue weighted by molar-refractivity contribution is 6.33. The summed E-state index contributed by atoms with van der Waals surface area (Å²) in [5.74, 6) is 0.729. The molecule has 5 rings (SSSR count). The van der Waals surface area contributed by atoms with Gasteiger partial charge in [-0.2, -0.15) is 0 Å². The first-order valence-electron chi connectivity index (χ1n) is 10.9. The number of anilines is 2. The molecule has 3 aromatic carbocycles. The van der Waals surface area contributed by atoms with Crippen LogP contribution in [0.25, 0.3) is 11.0 Å². The molecule has 0 bridgehead atoms. The number of phenols is 1. The number of imidazole rings is 1. The molecule has 1 aromatic heterocycles. The lowest BCUT2D eigenvalue weighted by molar-refractivity contribution is -0.113. The quantitative estimate of drug-likeness (QED) is 0.344. The predicted molar refractivity (Wildman–Crippen MR) is 134 cm³/mol. The fraction of sp³-hybridized carbons (Fsp3) is 0.154. The first kappa shape index (κ1) is 21.9. The number of nitrogens with zero attached hydrogens (tertiary/aromatic N) is 2. The van der Waals surface area contributed by atoms with E-state index in [2.05, 4.69) is 10.6 Å². The van der Waals surface area contributed by atoms with Crippen molar-refractivity contribution in [3.8, 4) is 11.5 Å². The van der Waals surface area contributed by atoms with Crippen LogP contribution < -0.4 is 15.4 Å². The van der Waals surface area contributed by atoms with E-state index in [4.69, 9.17) is 21.3 Å². The summed E-state index contributed by atoms with van der Waals surface area (Å²) in [5.41, 5.74) is 4.15. The zero-order valence-corrected chi connectivity index (χ0v) is 19.4. The molecule has 0 saturated heterocycles. The van der Waals surface area contributed by atoms with Gasteiger partial charge in [-0.25, -0.2) is 4.98 Å². The lowest BCUT2D eigenvalue weighted by Crippen LogP contribution is -2.31. The van der Waals surface area contributed by atoms with Crippen LogP contribution in [-0.2, 0) is 4.79 Å². The average molecular weight is 475 g/mol. The van der Waals surface area contributed by atoms with Crippen molar-refractivity contribution in [1.82, 2.24) is 9.55 Å². The monoisotopic (exact) mass is 474 g/mol. The number of fused-ring (bicyclic) bond motifs is 3. The third kappa shape index (κ3) is 3.74. The minimum Gasteiger partial charge on any atom is -0.504 e. The molecule has 34 heavy (non-hydrogen) atoms. The van der Waals surface area contributed by atoms with Crippen molar-refractivity contribution in [2.75, 3.05) is 17.2 Å². The Morgan fingerprint density at radius 2 is 1.94 bits per heavy atom. The molecule has 2 heterocycles. The Kier molecular flexibility index (Phi) is 5.63. The van der Waals surface area contributed by atoms with Crippen LogP contribution in [0.2, 0.25) is 5.02 Å². The number of hydrogen-bond acceptors (Lipinski definition) is 5. The van der Waals surface area contributed by atoms with Crippen LogP contribution in [-0.4, -0.2) is 27.2 Å².